The summed E-state index contributed by atoms with van der Waals surface area (Å²) >= 11 is 0. The van der Waals surface area contributed by atoms with Gasteiger partial charge in [-0.3, -0.25) is 0 Å². The van der Waals surface area contributed by atoms with Crippen molar-refractivity contribution in [2.24, 2.45) is 0 Å². The molecule has 0 spiro atoms. The van der Waals surface area contributed by atoms with Gasteiger partial charge in [0.15, 0.2) is 23.0 Å². The molecule has 0 atom stereocenters. The molecule has 0 saturated heterocycles. The largest absolute Gasteiger partial charge is 0.493 e. The molecule has 0 aliphatic carbocycles. The normalized spacial score (nSPS) is 10.5. The maximum Gasteiger partial charge on any atom is 0.330 e. The molecule has 0 aromatic heterocycles. The van der Waals surface area contributed by atoms with Crippen LogP contribution in [0.1, 0.15) is 24.5 Å². The highest BCUT2D eigenvalue weighted by Crippen LogP contribution is 2.30. The van der Waals surface area contributed by atoms with Crippen LogP contribution in [0.5, 0.6) is 23.0 Å². The van der Waals surface area contributed by atoms with E-state index in [2.05, 4.69) is 6.58 Å². The Morgan fingerprint density at radius 1 is 0.903 bits per heavy atom. The predicted molar refractivity (Wildman–Crippen MR) is 121 cm³/mol. The summed E-state index contributed by atoms with van der Waals surface area (Å²) in [6, 6.07) is 11.2. The van der Waals surface area contributed by atoms with E-state index in [1.54, 1.807) is 32.4 Å². The lowest BCUT2D eigenvalue weighted by Gasteiger charge is -2.14. The van der Waals surface area contributed by atoms with Gasteiger partial charge in [-0.1, -0.05) is 25.1 Å². The Morgan fingerprint density at radius 2 is 1.55 bits per heavy atom. The summed E-state index contributed by atoms with van der Waals surface area (Å²) in [4.78, 5) is 11.6. The van der Waals surface area contributed by atoms with Crippen molar-refractivity contribution in [2.75, 3.05) is 34.0 Å². The lowest BCUT2D eigenvalue weighted by molar-refractivity contribution is -0.137. The molecule has 0 fully saturated rings. The molecule has 6 nitrogen and oxygen atoms in total. The van der Waals surface area contributed by atoms with Gasteiger partial charge in [-0.05, 0) is 54.3 Å². The van der Waals surface area contributed by atoms with Gasteiger partial charge in [-0.25, -0.2) is 4.79 Å². The van der Waals surface area contributed by atoms with Crippen LogP contribution < -0.4 is 18.9 Å². The number of carbonyl (C=O) groups is 1. The molecule has 0 bridgehead atoms. The fraction of sp³-hybridized carbons (Fsp3) is 0.320. The summed E-state index contributed by atoms with van der Waals surface area (Å²) in [7, 11) is 3.18. The Bertz CT molecular complexity index is 888. The predicted octanol–water partition coefficient (Wildman–Crippen LogP) is 4.86. The van der Waals surface area contributed by atoms with Gasteiger partial charge in [0.05, 0.1) is 20.8 Å². The topological polar surface area (TPSA) is 63.2 Å². The first-order chi connectivity index (χ1) is 15.1. The van der Waals surface area contributed by atoms with Crippen molar-refractivity contribution in [1.29, 1.82) is 0 Å². The third kappa shape index (κ3) is 7.74. The van der Waals surface area contributed by atoms with Crippen LogP contribution in [0.4, 0.5) is 0 Å². The molecule has 0 unspecified atom stereocenters. The van der Waals surface area contributed by atoms with E-state index in [4.69, 9.17) is 23.7 Å². The monoisotopic (exact) mass is 426 g/mol. The number of methoxy groups -OCH3 is 2. The summed E-state index contributed by atoms with van der Waals surface area (Å²) < 4.78 is 27.4. The zero-order chi connectivity index (χ0) is 22.5. The van der Waals surface area contributed by atoms with E-state index < -0.39 is 0 Å². The van der Waals surface area contributed by atoms with E-state index >= 15 is 0 Å². The van der Waals surface area contributed by atoms with Crippen LogP contribution in [-0.4, -0.2) is 40.0 Å². The van der Waals surface area contributed by atoms with E-state index in [-0.39, 0.29) is 5.97 Å². The lowest BCUT2D eigenvalue weighted by atomic mass is 10.1. The number of hydrogen-bond acceptors (Lipinski definition) is 6. The molecule has 0 amide bonds. The minimum Gasteiger partial charge on any atom is -0.493 e. The summed E-state index contributed by atoms with van der Waals surface area (Å²) in [5.41, 5.74) is 1.91. The molecule has 166 valence electrons. The van der Waals surface area contributed by atoms with Gasteiger partial charge in [0.1, 0.15) is 13.2 Å². The van der Waals surface area contributed by atoms with Crippen LogP contribution in [0.25, 0.3) is 6.08 Å². The fourth-order valence-electron chi connectivity index (χ4n) is 2.75. The Hall–Kier alpha value is -3.41. The highest BCUT2D eigenvalue weighted by Gasteiger charge is 2.08. The molecule has 0 aliphatic rings. The van der Waals surface area contributed by atoms with Crippen molar-refractivity contribution < 1.29 is 28.5 Å². The van der Waals surface area contributed by atoms with Crippen molar-refractivity contribution in [3.63, 3.8) is 0 Å². The first-order valence-electron chi connectivity index (χ1n) is 10.2. The Kier molecular flexibility index (Phi) is 10.0. The molecule has 6 heteroatoms. The second kappa shape index (κ2) is 13.0. The molecule has 2 rings (SSSR count). The minimum absolute atomic E-state index is 0.326. The van der Waals surface area contributed by atoms with E-state index in [9.17, 15) is 4.79 Å². The average Bonchev–Trinajstić information content (AvgIpc) is 2.80. The van der Waals surface area contributed by atoms with Gasteiger partial charge in [-0.2, -0.15) is 0 Å². The van der Waals surface area contributed by atoms with E-state index in [0.717, 1.165) is 24.0 Å². The summed E-state index contributed by atoms with van der Waals surface area (Å²) in [6.45, 7) is 6.77. The standard InChI is InChI=1S/C25H30O6/c1-5-7-19-8-11-21(23(17-19)27-3)29-15-16-30-22-12-9-20(18-24(22)28-4)10-13-25(26)31-14-6-2/h5,8-13,17-18H,1,6-7,14-16H2,2-4H3/b13-10+. The Balaban J connectivity index is 1.91. The maximum atomic E-state index is 11.6. The molecule has 0 saturated carbocycles. The Morgan fingerprint density at radius 3 is 2.16 bits per heavy atom. The smallest absolute Gasteiger partial charge is 0.330 e. The number of hydrogen-bond donors (Lipinski definition) is 0. The number of rotatable bonds is 13. The molecule has 31 heavy (non-hydrogen) atoms. The van der Waals surface area contributed by atoms with Crippen LogP contribution in [-0.2, 0) is 16.0 Å². The van der Waals surface area contributed by atoms with Crippen molar-refractivity contribution in [3.8, 4) is 23.0 Å². The zero-order valence-corrected chi connectivity index (χ0v) is 18.4. The molecular formula is C25H30O6. The number of allylic oxidation sites excluding steroid dienone is 1. The second-order valence-electron chi connectivity index (χ2n) is 6.59. The third-order valence-electron chi connectivity index (χ3n) is 4.25. The molecule has 2 aromatic carbocycles. The maximum absolute atomic E-state index is 11.6. The summed E-state index contributed by atoms with van der Waals surface area (Å²) in [5.74, 6) is 2.11. The number of benzene rings is 2. The molecule has 0 aliphatic heterocycles. The van der Waals surface area contributed by atoms with Crippen LogP contribution in [0.3, 0.4) is 0 Å². The van der Waals surface area contributed by atoms with Gasteiger partial charge in [-0.15, -0.1) is 6.58 Å². The lowest BCUT2D eigenvalue weighted by Crippen LogP contribution is -2.10. The SMILES string of the molecule is C=CCc1ccc(OCCOc2ccc(/C=C/C(=O)OCCC)cc2OC)c(OC)c1. The minimum atomic E-state index is -0.369. The molecule has 0 radical (unpaired) electrons. The zero-order valence-electron chi connectivity index (χ0n) is 18.4. The first kappa shape index (κ1) is 23.9. The van der Waals surface area contributed by atoms with Crippen molar-refractivity contribution in [1.82, 2.24) is 0 Å². The van der Waals surface area contributed by atoms with Crippen molar-refractivity contribution in [2.45, 2.75) is 19.8 Å². The number of carbonyl (C=O) groups excluding carboxylic acids is 1. The Labute approximate surface area is 184 Å². The van der Waals surface area contributed by atoms with E-state index in [1.807, 2.05) is 37.3 Å². The van der Waals surface area contributed by atoms with Crippen LogP contribution in [0.2, 0.25) is 0 Å². The van der Waals surface area contributed by atoms with Crippen LogP contribution in [0.15, 0.2) is 55.1 Å². The number of esters is 1. The third-order valence-corrected chi connectivity index (χ3v) is 4.25. The van der Waals surface area contributed by atoms with Crippen molar-refractivity contribution in [3.05, 3.63) is 66.3 Å². The summed E-state index contributed by atoms with van der Waals surface area (Å²) in [6.07, 6.45) is 6.47. The van der Waals surface area contributed by atoms with Gasteiger partial charge in [0.2, 0.25) is 0 Å². The van der Waals surface area contributed by atoms with E-state index in [0.29, 0.717) is 42.8 Å². The van der Waals surface area contributed by atoms with Gasteiger partial charge in [0.25, 0.3) is 0 Å². The number of ether oxygens (including phenoxy) is 5. The van der Waals surface area contributed by atoms with Crippen LogP contribution in [0, 0.1) is 0 Å². The van der Waals surface area contributed by atoms with Crippen LogP contribution >= 0.6 is 0 Å². The quantitative estimate of drug-likeness (QED) is 0.197. The second-order valence-corrected chi connectivity index (χ2v) is 6.59. The fourth-order valence-corrected chi connectivity index (χ4v) is 2.75. The van der Waals surface area contributed by atoms with Gasteiger partial charge >= 0.3 is 5.97 Å². The van der Waals surface area contributed by atoms with E-state index in [1.165, 1.54) is 6.08 Å². The molecule has 2 aromatic rings. The highest BCUT2D eigenvalue weighted by molar-refractivity contribution is 5.87. The van der Waals surface area contributed by atoms with Gasteiger partial charge in [0, 0.05) is 6.08 Å². The van der Waals surface area contributed by atoms with Gasteiger partial charge < -0.3 is 23.7 Å². The molecular weight excluding hydrogens is 396 g/mol. The average molecular weight is 427 g/mol. The first-order valence-corrected chi connectivity index (χ1v) is 10.2. The molecule has 0 heterocycles. The highest BCUT2D eigenvalue weighted by atomic mass is 16.5. The summed E-state index contributed by atoms with van der Waals surface area (Å²) in [5, 5.41) is 0. The molecule has 0 N–H and O–H groups in total. The van der Waals surface area contributed by atoms with Crippen molar-refractivity contribution >= 4 is 12.0 Å².